The molecule has 0 fully saturated rings. The highest BCUT2D eigenvalue weighted by Gasteiger charge is 2.13. The quantitative estimate of drug-likeness (QED) is 0.558. The molecule has 3 aromatic heterocycles. The van der Waals surface area contributed by atoms with Gasteiger partial charge in [0.15, 0.2) is 5.82 Å². The van der Waals surface area contributed by atoms with Crippen LogP contribution in [0.1, 0.15) is 10.4 Å². The highest BCUT2D eigenvalue weighted by molar-refractivity contribution is 5.97. The van der Waals surface area contributed by atoms with E-state index in [9.17, 15) is 9.59 Å². The predicted molar refractivity (Wildman–Crippen MR) is 103 cm³/mol. The van der Waals surface area contributed by atoms with Crippen molar-refractivity contribution in [3.05, 3.63) is 71.0 Å². The van der Waals surface area contributed by atoms with E-state index in [-0.39, 0.29) is 24.7 Å². The maximum absolute atomic E-state index is 12.4. The van der Waals surface area contributed by atoms with Crippen LogP contribution in [-0.4, -0.2) is 41.8 Å². The van der Waals surface area contributed by atoms with E-state index in [4.69, 9.17) is 0 Å². The molecule has 0 bridgehead atoms. The number of hydrogen-bond donors (Lipinski definition) is 1. The highest BCUT2D eigenvalue weighted by Crippen LogP contribution is 2.11. The zero-order chi connectivity index (χ0) is 19.5. The highest BCUT2D eigenvalue weighted by atomic mass is 16.2. The Hall–Kier alpha value is -3.88. The maximum Gasteiger partial charge on any atom is 0.346 e. The van der Waals surface area contributed by atoms with Crippen molar-refractivity contribution in [3.63, 3.8) is 0 Å². The molecule has 0 saturated heterocycles. The number of aromatic nitrogens is 6. The minimum atomic E-state index is -0.268. The molecule has 0 aliphatic carbocycles. The number of carbonyl (C=O) groups excluding carboxylic acids is 1. The second kappa shape index (κ2) is 7.39. The Morgan fingerprint density at radius 2 is 1.86 bits per heavy atom. The molecule has 9 nitrogen and oxygen atoms in total. The summed E-state index contributed by atoms with van der Waals surface area (Å²) in [5.74, 6) is 0.228. The molecule has 4 aromatic rings. The number of nitrogens with one attached hydrogen (secondary N) is 1. The first kappa shape index (κ1) is 17.5. The molecule has 0 spiro atoms. The average molecular weight is 375 g/mol. The summed E-state index contributed by atoms with van der Waals surface area (Å²) in [7, 11) is 1.64. The molecule has 0 saturated carbocycles. The Morgan fingerprint density at radius 3 is 2.64 bits per heavy atom. The van der Waals surface area contributed by atoms with Crippen LogP contribution >= 0.6 is 0 Å². The van der Waals surface area contributed by atoms with Crippen LogP contribution in [0.3, 0.4) is 0 Å². The van der Waals surface area contributed by atoms with Crippen LogP contribution in [0.15, 0.2) is 59.8 Å². The summed E-state index contributed by atoms with van der Waals surface area (Å²) in [5.41, 5.74) is 2.20. The van der Waals surface area contributed by atoms with Gasteiger partial charge in [-0.2, -0.15) is 0 Å². The van der Waals surface area contributed by atoms with Gasteiger partial charge < -0.3 is 5.32 Å². The molecular weight excluding hydrogens is 358 g/mol. The lowest BCUT2D eigenvalue weighted by atomic mass is 10.2. The van der Waals surface area contributed by atoms with E-state index < -0.39 is 0 Å². The number of carbonyl (C=O) groups is 1. The van der Waals surface area contributed by atoms with E-state index >= 15 is 0 Å². The van der Waals surface area contributed by atoms with Gasteiger partial charge in [0.1, 0.15) is 5.69 Å². The fourth-order valence-corrected chi connectivity index (χ4v) is 2.83. The van der Waals surface area contributed by atoms with E-state index in [2.05, 4.69) is 25.4 Å². The van der Waals surface area contributed by atoms with Gasteiger partial charge in [-0.15, -0.1) is 5.10 Å². The van der Waals surface area contributed by atoms with E-state index in [1.54, 1.807) is 56.0 Å². The summed E-state index contributed by atoms with van der Waals surface area (Å²) in [6, 6.07) is 10.5. The molecule has 0 atom stereocenters. The van der Waals surface area contributed by atoms with Gasteiger partial charge in [-0.05, 0) is 30.3 Å². The fraction of sp³-hybridized carbons (Fsp3) is 0.158. The number of benzene rings is 1. The molecule has 9 heteroatoms. The Bertz CT molecular complexity index is 1200. The lowest BCUT2D eigenvalue weighted by Gasteiger charge is -2.05. The zero-order valence-corrected chi connectivity index (χ0v) is 15.1. The standard InChI is InChI=1S/C19H17N7O2/c1-25-17(15-4-2-3-7-20-15)24-26(19(25)28)11-10-23-18(27)13-5-6-14-16(12-13)22-9-8-21-14/h2-9,12H,10-11H2,1H3,(H,23,27). The van der Waals surface area contributed by atoms with Gasteiger partial charge in [0.2, 0.25) is 0 Å². The molecule has 0 aliphatic heterocycles. The number of rotatable bonds is 5. The smallest absolute Gasteiger partial charge is 0.346 e. The van der Waals surface area contributed by atoms with Gasteiger partial charge >= 0.3 is 5.69 Å². The predicted octanol–water partition coefficient (Wildman–Crippen LogP) is 1.02. The van der Waals surface area contributed by atoms with Crippen LogP contribution in [0.2, 0.25) is 0 Å². The largest absolute Gasteiger partial charge is 0.350 e. The maximum atomic E-state index is 12.4. The normalized spacial score (nSPS) is 10.9. The SMILES string of the molecule is Cn1c(-c2ccccn2)nn(CCNC(=O)c2ccc3nccnc3c2)c1=O. The van der Waals surface area contributed by atoms with Crippen LogP contribution in [0.25, 0.3) is 22.6 Å². The number of hydrogen-bond acceptors (Lipinski definition) is 6. The van der Waals surface area contributed by atoms with Crippen molar-refractivity contribution < 1.29 is 4.79 Å². The molecule has 0 radical (unpaired) electrons. The lowest BCUT2D eigenvalue weighted by Crippen LogP contribution is -2.31. The van der Waals surface area contributed by atoms with E-state index in [0.29, 0.717) is 22.6 Å². The first-order valence-electron chi connectivity index (χ1n) is 8.68. The Morgan fingerprint density at radius 1 is 1.04 bits per heavy atom. The monoisotopic (exact) mass is 375 g/mol. The summed E-state index contributed by atoms with van der Waals surface area (Å²) in [4.78, 5) is 37.3. The Kier molecular flexibility index (Phi) is 4.63. The summed E-state index contributed by atoms with van der Waals surface area (Å²) in [6.07, 6.45) is 4.83. The second-order valence-electron chi connectivity index (χ2n) is 6.12. The van der Waals surface area contributed by atoms with Gasteiger partial charge in [0.25, 0.3) is 5.91 Å². The van der Waals surface area contributed by atoms with Gasteiger partial charge in [0.05, 0.1) is 17.6 Å². The molecule has 4 rings (SSSR count). The van der Waals surface area contributed by atoms with E-state index in [0.717, 1.165) is 5.52 Å². The van der Waals surface area contributed by atoms with Gasteiger partial charge in [-0.25, -0.2) is 9.48 Å². The summed E-state index contributed by atoms with van der Waals surface area (Å²) in [6.45, 7) is 0.508. The second-order valence-corrected chi connectivity index (χ2v) is 6.12. The molecule has 0 unspecified atom stereocenters. The Balaban J connectivity index is 1.45. The molecule has 140 valence electrons. The molecule has 3 heterocycles. The third-order valence-corrected chi connectivity index (χ3v) is 4.28. The fourth-order valence-electron chi connectivity index (χ4n) is 2.83. The van der Waals surface area contributed by atoms with Crippen molar-refractivity contribution in [2.75, 3.05) is 6.54 Å². The molecule has 1 N–H and O–H groups in total. The Labute approximate surface area is 159 Å². The van der Waals surface area contributed by atoms with Gasteiger partial charge in [-0.1, -0.05) is 6.07 Å². The lowest BCUT2D eigenvalue weighted by molar-refractivity contribution is 0.0952. The zero-order valence-electron chi connectivity index (χ0n) is 15.1. The number of pyridine rings is 1. The van der Waals surface area contributed by atoms with E-state index in [1.165, 1.54) is 9.25 Å². The van der Waals surface area contributed by atoms with Crippen LogP contribution in [0, 0.1) is 0 Å². The van der Waals surface area contributed by atoms with Crippen molar-refractivity contribution in [2.24, 2.45) is 7.05 Å². The molecule has 1 amide bonds. The van der Waals surface area contributed by atoms with Crippen LogP contribution < -0.4 is 11.0 Å². The van der Waals surface area contributed by atoms with E-state index in [1.807, 2.05) is 6.07 Å². The average Bonchev–Trinajstić information content (AvgIpc) is 3.02. The topological polar surface area (TPSA) is 108 Å². The van der Waals surface area contributed by atoms with Gasteiger partial charge in [-0.3, -0.25) is 24.3 Å². The summed E-state index contributed by atoms with van der Waals surface area (Å²) < 4.78 is 2.75. The third-order valence-electron chi connectivity index (χ3n) is 4.28. The van der Waals surface area contributed by atoms with Crippen LogP contribution in [0.5, 0.6) is 0 Å². The third kappa shape index (κ3) is 3.37. The summed E-state index contributed by atoms with van der Waals surface area (Å²) in [5, 5.41) is 7.12. The number of amides is 1. The summed E-state index contributed by atoms with van der Waals surface area (Å²) >= 11 is 0. The van der Waals surface area contributed by atoms with Crippen LogP contribution in [0.4, 0.5) is 0 Å². The van der Waals surface area contributed by atoms with Gasteiger partial charge in [0, 0.05) is 37.7 Å². The number of nitrogens with zero attached hydrogens (tertiary/aromatic N) is 6. The van der Waals surface area contributed by atoms with Crippen molar-refractivity contribution in [1.82, 2.24) is 34.6 Å². The van der Waals surface area contributed by atoms with Crippen LogP contribution in [-0.2, 0) is 13.6 Å². The minimum Gasteiger partial charge on any atom is -0.350 e. The minimum absolute atomic E-state index is 0.249. The first-order valence-corrected chi connectivity index (χ1v) is 8.68. The van der Waals surface area contributed by atoms with Crippen molar-refractivity contribution >= 4 is 16.9 Å². The molecule has 28 heavy (non-hydrogen) atoms. The molecular formula is C19H17N7O2. The van der Waals surface area contributed by atoms with Crippen molar-refractivity contribution in [2.45, 2.75) is 6.54 Å². The number of fused-ring (bicyclic) bond motifs is 1. The van der Waals surface area contributed by atoms with Crippen molar-refractivity contribution in [1.29, 1.82) is 0 Å². The van der Waals surface area contributed by atoms with Crippen molar-refractivity contribution in [3.8, 4) is 11.5 Å². The molecule has 1 aromatic carbocycles. The molecule has 0 aliphatic rings. The first-order chi connectivity index (χ1) is 13.6.